The number of rotatable bonds is 6. The van der Waals surface area contributed by atoms with E-state index in [2.05, 4.69) is 6.58 Å². The number of methoxy groups -OCH3 is 2. The van der Waals surface area contributed by atoms with Gasteiger partial charge in [0.25, 0.3) is 0 Å². The lowest BCUT2D eigenvalue weighted by molar-refractivity contribution is -0.155. The molecule has 0 unspecified atom stereocenters. The van der Waals surface area contributed by atoms with E-state index >= 15 is 0 Å². The van der Waals surface area contributed by atoms with Crippen LogP contribution in [0.4, 0.5) is 0 Å². The lowest BCUT2D eigenvalue weighted by atomic mass is 10.1. The number of carbonyl (C=O) groups is 2. The van der Waals surface area contributed by atoms with Crippen molar-refractivity contribution in [2.24, 2.45) is 0 Å². The lowest BCUT2D eigenvalue weighted by Crippen LogP contribution is -2.44. The van der Waals surface area contributed by atoms with Gasteiger partial charge in [-0.05, 0) is 12.1 Å². The van der Waals surface area contributed by atoms with E-state index in [-0.39, 0.29) is 6.42 Å². The van der Waals surface area contributed by atoms with Crippen molar-refractivity contribution in [1.82, 2.24) is 0 Å². The van der Waals surface area contributed by atoms with E-state index in [9.17, 15) is 9.59 Å². The second-order valence-corrected chi connectivity index (χ2v) is 5.09. The summed E-state index contributed by atoms with van der Waals surface area (Å²) in [5, 5.41) is 0. The Labute approximate surface area is 116 Å². The SMILES string of the molecule is C=CCC(Sc1ccccc1)(C(=O)OC)C(=O)OC. The summed E-state index contributed by atoms with van der Waals surface area (Å²) >= 11 is 1.11. The van der Waals surface area contributed by atoms with Crippen molar-refractivity contribution in [3.05, 3.63) is 43.0 Å². The maximum atomic E-state index is 12.0. The van der Waals surface area contributed by atoms with E-state index in [1.807, 2.05) is 30.3 Å². The summed E-state index contributed by atoms with van der Waals surface area (Å²) in [5.74, 6) is -1.29. The normalized spacial score (nSPS) is 10.6. The molecule has 0 aliphatic rings. The van der Waals surface area contributed by atoms with Crippen molar-refractivity contribution in [1.29, 1.82) is 0 Å². The van der Waals surface area contributed by atoms with Crippen LogP contribution in [0.15, 0.2) is 47.9 Å². The minimum Gasteiger partial charge on any atom is -0.468 e. The molecule has 102 valence electrons. The molecule has 0 N–H and O–H groups in total. The molecule has 0 saturated carbocycles. The number of allylic oxidation sites excluding steroid dienone is 1. The summed E-state index contributed by atoms with van der Waals surface area (Å²) in [6.45, 7) is 3.59. The van der Waals surface area contributed by atoms with E-state index in [1.54, 1.807) is 0 Å². The fourth-order valence-electron chi connectivity index (χ4n) is 1.60. The highest BCUT2D eigenvalue weighted by atomic mass is 32.2. The van der Waals surface area contributed by atoms with Gasteiger partial charge in [-0.3, -0.25) is 0 Å². The molecule has 4 nitrogen and oxygen atoms in total. The van der Waals surface area contributed by atoms with Crippen LogP contribution in [0.1, 0.15) is 6.42 Å². The van der Waals surface area contributed by atoms with Gasteiger partial charge in [-0.1, -0.05) is 36.0 Å². The Hall–Kier alpha value is -1.75. The third-order valence-corrected chi connectivity index (χ3v) is 3.85. The van der Waals surface area contributed by atoms with Crippen LogP contribution in [0.5, 0.6) is 0 Å². The molecule has 1 aromatic rings. The predicted octanol–water partition coefficient (Wildman–Crippen LogP) is 2.44. The van der Waals surface area contributed by atoms with Crippen LogP contribution in [0, 0.1) is 0 Å². The first-order chi connectivity index (χ1) is 9.10. The number of benzene rings is 1. The number of hydrogen-bond donors (Lipinski definition) is 0. The predicted molar refractivity (Wildman–Crippen MR) is 73.9 cm³/mol. The Balaban J connectivity index is 3.18. The van der Waals surface area contributed by atoms with E-state index in [4.69, 9.17) is 9.47 Å². The molecule has 0 aliphatic carbocycles. The summed E-state index contributed by atoms with van der Waals surface area (Å²) in [4.78, 5) is 24.9. The minimum atomic E-state index is -1.45. The molecule has 0 atom stereocenters. The summed E-state index contributed by atoms with van der Waals surface area (Å²) in [7, 11) is 2.49. The Morgan fingerprint density at radius 2 is 1.74 bits per heavy atom. The Bertz CT molecular complexity index is 440. The average molecular weight is 280 g/mol. The first-order valence-corrected chi connectivity index (χ1v) is 6.44. The van der Waals surface area contributed by atoms with Gasteiger partial charge in [-0.15, -0.1) is 6.58 Å². The monoisotopic (exact) mass is 280 g/mol. The molecule has 0 bridgehead atoms. The van der Waals surface area contributed by atoms with E-state index in [0.717, 1.165) is 16.7 Å². The van der Waals surface area contributed by atoms with Gasteiger partial charge in [-0.2, -0.15) is 0 Å². The molecule has 0 spiro atoms. The fraction of sp³-hybridized carbons (Fsp3) is 0.286. The summed E-state index contributed by atoms with van der Waals surface area (Å²) in [6.07, 6.45) is 1.63. The summed E-state index contributed by atoms with van der Waals surface area (Å²) < 4.78 is 8.06. The van der Waals surface area contributed by atoms with Crippen molar-refractivity contribution in [3.63, 3.8) is 0 Å². The smallest absolute Gasteiger partial charge is 0.334 e. The second-order valence-electron chi connectivity index (χ2n) is 3.72. The molecular weight excluding hydrogens is 264 g/mol. The topological polar surface area (TPSA) is 52.6 Å². The first-order valence-electron chi connectivity index (χ1n) is 5.62. The number of ether oxygens (including phenoxy) is 2. The quantitative estimate of drug-likeness (QED) is 0.347. The standard InChI is InChI=1S/C14H16O4S/c1-4-10-14(12(15)17-2,13(16)18-3)19-11-8-6-5-7-9-11/h4-9H,1,10H2,2-3H3. The lowest BCUT2D eigenvalue weighted by Gasteiger charge is -2.26. The Kier molecular flexibility index (Phi) is 5.63. The van der Waals surface area contributed by atoms with Crippen molar-refractivity contribution in [2.75, 3.05) is 14.2 Å². The first kappa shape index (κ1) is 15.3. The zero-order chi connectivity index (χ0) is 14.3. The molecule has 1 rings (SSSR count). The number of esters is 2. The van der Waals surface area contributed by atoms with Gasteiger partial charge in [0.15, 0.2) is 0 Å². The highest BCUT2D eigenvalue weighted by Crippen LogP contribution is 2.38. The number of carbonyl (C=O) groups excluding carboxylic acids is 2. The van der Waals surface area contributed by atoms with Gasteiger partial charge in [-0.25, -0.2) is 9.59 Å². The van der Waals surface area contributed by atoms with E-state index in [1.165, 1.54) is 20.3 Å². The van der Waals surface area contributed by atoms with Gasteiger partial charge < -0.3 is 9.47 Å². The zero-order valence-electron chi connectivity index (χ0n) is 10.9. The highest BCUT2D eigenvalue weighted by molar-refractivity contribution is 8.02. The summed E-state index contributed by atoms with van der Waals surface area (Å²) in [5.41, 5.74) is 0. The van der Waals surface area contributed by atoms with Crippen LogP contribution in [0.2, 0.25) is 0 Å². The van der Waals surface area contributed by atoms with Crippen molar-refractivity contribution in [2.45, 2.75) is 16.1 Å². The van der Waals surface area contributed by atoms with Gasteiger partial charge >= 0.3 is 11.9 Å². The zero-order valence-corrected chi connectivity index (χ0v) is 11.7. The third kappa shape index (κ3) is 3.38. The highest BCUT2D eigenvalue weighted by Gasteiger charge is 2.48. The minimum absolute atomic E-state index is 0.131. The summed E-state index contributed by atoms with van der Waals surface area (Å²) in [6, 6.07) is 9.14. The molecule has 0 amide bonds. The van der Waals surface area contributed by atoms with Gasteiger partial charge in [0.2, 0.25) is 4.75 Å². The van der Waals surface area contributed by atoms with Gasteiger partial charge in [0, 0.05) is 11.3 Å². The van der Waals surface area contributed by atoms with Gasteiger partial charge in [0.1, 0.15) is 0 Å². The Morgan fingerprint density at radius 1 is 1.21 bits per heavy atom. The molecule has 0 heterocycles. The maximum absolute atomic E-state index is 12.0. The Morgan fingerprint density at radius 3 is 2.16 bits per heavy atom. The van der Waals surface area contributed by atoms with Crippen molar-refractivity contribution >= 4 is 23.7 Å². The molecule has 0 aliphatic heterocycles. The van der Waals surface area contributed by atoms with Crippen LogP contribution in [0.3, 0.4) is 0 Å². The second kappa shape index (κ2) is 6.99. The number of hydrogen-bond acceptors (Lipinski definition) is 5. The van der Waals surface area contributed by atoms with Crippen LogP contribution in [-0.4, -0.2) is 30.9 Å². The molecule has 0 fully saturated rings. The van der Waals surface area contributed by atoms with Crippen molar-refractivity contribution < 1.29 is 19.1 Å². The average Bonchev–Trinajstić information content (AvgIpc) is 2.46. The largest absolute Gasteiger partial charge is 0.468 e. The van der Waals surface area contributed by atoms with Crippen LogP contribution >= 0.6 is 11.8 Å². The molecule has 0 radical (unpaired) electrons. The molecule has 0 aromatic heterocycles. The van der Waals surface area contributed by atoms with E-state index < -0.39 is 16.7 Å². The molecule has 0 saturated heterocycles. The molecular formula is C14H16O4S. The fourth-order valence-corrected chi connectivity index (χ4v) is 2.83. The molecule has 5 heteroatoms. The van der Waals surface area contributed by atoms with Gasteiger partial charge in [0.05, 0.1) is 14.2 Å². The number of thioether (sulfide) groups is 1. The van der Waals surface area contributed by atoms with Crippen LogP contribution in [-0.2, 0) is 19.1 Å². The van der Waals surface area contributed by atoms with Crippen LogP contribution < -0.4 is 0 Å². The molecule has 1 aromatic carbocycles. The third-order valence-electron chi connectivity index (χ3n) is 2.50. The molecule has 19 heavy (non-hydrogen) atoms. The van der Waals surface area contributed by atoms with E-state index in [0.29, 0.717) is 0 Å². The van der Waals surface area contributed by atoms with Crippen LogP contribution in [0.25, 0.3) is 0 Å². The van der Waals surface area contributed by atoms with Crippen molar-refractivity contribution in [3.8, 4) is 0 Å². The maximum Gasteiger partial charge on any atom is 0.334 e.